The molecular weight excluding hydrogens is 220 g/mol. The predicted octanol–water partition coefficient (Wildman–Crippen LogP) is 3.35. The Hall–Kier alpha value is -0.890. The van der Waals surface area contributed by atoms with Crippen molar-refractivity contribution in [2.45, 2.75) is 52.5 Å². The lowest BCUT2D eigenvalue weighted by atomic mass is 9.91. The molecular formula is C16H26N2. The van der Waals surface area contributed by atoms with Gasteiger partial charge in [-0.1, -0.05) is 19.9 Å². The Balaban J connectivity index is 2.01. The van der Waals surface area contributed by atoms with Crippen molar-refractivity contribution in [3.8, 4) is 0 Å². The van der Waals surface area contributed by atoms with Crippen LogP contribution in [-0.2, 0) is 6.42 Å². The Labute approximate surface area is 111 Å². The summed E-state index contributed by atoms with van der Waals surface area (Å²) in [7, 11) is 0. The molecule has 0 amide bonds. The Kier molecular flexibility index (Phi) is 4.76. The number of hydrogen-bond donors (Lipinski definition) is 1. The summed E-state index contributed by atoms with van der Waals surface area (Å²) in [5.41, 5.74) is 2.59. The SMILES string of the molecule is CCCNC(Cc1ncccc1C)C(C)C1CC1. The first kappa shape index (κ1) is 13.5. The highest BCUT2D eigenvalue weighted by molar-refractivity contribution is 5.19. The van der Waals surface area contributed by atoms with Gasteiger partial charge in [0, 0.05) is 24.4 Å². The molecule has 0 aromatic carbocycles. The van der Waals surface area contributed by atoms with Crippen molar-refractivity contribution in [3.05, 3.63) is 29.6 Å². The fraction of sp³-hybridized carbons (Fsp3) is 0.688. The smallest absolute Gasteiger partial charge is 0.0448 e. The Morgan fingerprint density at radius 3 is 2.83 bits per heavy atom. The minimum Gasteiger partial charge on any atom is -0.313 e. The Morgan fingerprint density at radius 2 is 2.22 bits per heavy atom. The van der Waals surface area contributed by atoms with Crippen LogP contribution in [0.25, 0.3) is 0 Å². The van der Waals surface area contributed by atoms with Gasteiger partial charge in [0.05, 0.1) is 0 Å². The average molecular weight is 246 g/mol. The van der Waals surface area contributed by atoms with E-state index in [4.69, 9.17) is 0 Å². The molecule has 1 aliphatic rings. The van der Waals surface area contributed by atoms with Crippen LogP contribution in [0.4, 0.5) is 0 Å². The second-order valence-electron chi connectivity index (χ2n) is 5.73. The zero-order chi connectivity index (χ0) is 13.0. The molecule has 2 unspecified atom stereocenters. The van der Waals surface area contributed by atoms with Crippen LogP contribution in [0, 0.1) is 18.8 Å². The summed E-state index contributed by atoms with van der Waals surface area (Å²) in [4.78, 5) is 4.55. The van der Waals surface area contributed by atoms with Crippen molar-refractivity contribution in [2.75, 3.05) is 6.54 Å². The second kappa shape index (κ2) is 6.33. The first-order valence-corrected chi connectivity index (χ1v) is 7.36. The number of nitrogens with zero attached hydrogens (tertiary/aromatic N) is 1. The van der Waals surface area contributed by atoms with Crippen LogP contribution in [0.3, 0.4) is 0 Å². The molecule has 2 atom stereocenters. The molecule has 2 rings (SSSR count). The van der Waals surface area contributed by atoms with Gasteiger partial charge in [0.15, 0.2) is 0 Å². The maximum absolute atomic E-state index is 4.55. The highest BCUT2D eigenvalue weighted by Crippen LogP contribution is 2.38. The van der Waals surface area contributed by atoms with Gasteiger partial charge in [-0.15, -0.1) is 0 Å². The van der Waals surface area contributed by atoms with Crippen molar-refractivity contribution >= 4 is 0 Å². The molecule has 0 saturated heterocycles. The molecule has 1 aromatic heterocycles. The van der Waals surface area contributed by atoms with Gasteiger partial charge < -0.3 is 5.32 Å². The molecule has 18 heavy (non-hydrogen) atoms. The number of pyridine rings is 1. The van der Waals surface area contributed by atoms with Crippen LogP contribution in [-0.4, -0.2) is 17.6 Å². The highest BCUT2D eigenvalue weighted by atomic mass is 14.9. The van der Waals surface area contributed by atoms with Crippen LogP contribution in [0.5, 0.6) is 0 Å². The summed E-state index contributed by atoms with van der Waals surface area (Å²) in [6.07, 6.45) is 7.04. The third-order valence-electron chi connectivity index (χ3n) is 4.19. The van der Waals surface area contributed by atoms with E-state index in [0.717, 1.165) is 24.8 Å². The van der Waals surface area contributed by atoms with E-state index in [1.165, 1.54) is 30.5 Å². The lowest BCUT2D eigenvalue weighted by molar-refractivity contribution is 0.337. The lowest BCUT2D eigenvalue weighted by Crippen LogP contribution is -2.38. The van der Waals surface area contributed by atoms with E-state index in [1.807, 2.05) is 12.3 Å². The molecule has 1 aliphatic carbocycles. The van der Waals surface area contributed by atoms with E-state index in [0.29, 0.717) is 6.04 Å². The number of nitrogens with one attached hydrogen (secondary N) is 1. The monoisotopic (exact) mass is 246 g/mol. The fourth-order valence-corrected chi connectivity index (χ4v) is 2.66. The summed E-state index contributed by atoms with van der Waals surface area (Å²) in [6.45, 7) is 7.93. The molecule has 100 valence electrons. The molecule has 0 spiro atoms. The van der Waals surface area contributed by atoms with Crippen molar-refractivity contribution in [1.82, 2.24) is 10.3 Å². The Bertz CT molecular complexity index is 371. The van der Waals surface area contributed by atoms with Crippen molar-refractivity contribution in [1.29, 1.82) is 0 Å². The molecule has 0 aliphatic heterocycles. The third kappa shape index (κ3) is 3.55. The van der Waals surface area contributed by atoms with Gasteiger partial charge in [0.2, 0.25) is 0 Å². The zero-order valence-electron chi connectivity index (χ0n) is 11.9. The Morgan fingerprint density at radius 1 is 1.44 bits per heavy atom. The molecule has 1 saturated carbocycles. The third-order valence-corrected chi connectivity index (χ3v) is 4.19. The zero-order valence-corrected chi connectivity index (χ0v) is 11.9. The quantitative estimate of drug-likeness (QED) is 0.798. The summed E-state index contributed by atoms with van der Waals surface area (Å²) < 4.78 is 0. The molecule has 0 bridgehead atoms. The van der Waals surface area contributed by atoms with Crippen molar-refractivity contribution in [2.24, 2.45) is 11.8 Å². The second-order valence-corrected chi connectivity index (χ2v) is 5.73. The standard InChI is InChI=1S/C16H26N2/c1-4-9-17-16(13(3)14-7-8-14)11-15-12(2)6-5-10-18-15/h5-6,10,13-14,16-17H,4,7-9,11H2,1-3H3. The predicted molar refractivity (Wildman–Crippen MR) is 76.6 cm³/mol. The summed E-state index contributed by atoms with van der Waals surface area (Å²) >= 11 is 0. The fourth-order valence-electron chi connectivity index (χ4n) is 2.66. The van der Waals surface area contributed by atoms with E-state index in [1.54, 1.807) is 0 Å². The van der Waals surface area contributed by atoms with Crippen molar-refractivity contribution < 1.29 is 0 Å². The minimum atomic E-state index is 0.589. The summed E-state index contributed by atoms with van der Waals surface area (Å²) in [5.74, 6) is 1.72. The molecule has 1 heterocycles. The summed E-state index contributed by atoms with van der Waals surface area (Å²) in [5, 5.41) is 3.73. The van der Waals surface area contributed by atoms with E-state index in [2.05, 4.69) is 37.1 Å². The molecule has 2 heteroatoms. The van der Waals surface area contributed by atoms with E-state index in [9.17, 15) is 0 Å². The average Bonchev–Trinajstić information content (AvgIpc) is 3.20. The van der Waals surface area contributed by atoms with Crippen LogP contribution in [0.1, 0.15) is 44.4 Å². The van der Waals surface area contributed by atoms with Crippen LogP contribution >= 0.6 is 0 Å². The van der Waals surface area contributed by atoms with Gasteiger partial charge in [0.25, 0.3) is 0 Å². The van der Waals surface area contributed by atoms with E-state index < -0.39 is 0 Å². The number of hydrogen-bond acceptors (Lipinski definition) is 2. The van der Waals surface area contributed by atoms with Gasteiger partial charge in [-0.05, 0) is 56.2 Å². The summed E-state index contributed by atoms with van der Waals surface area (Å²) in [6, 6.07) is 4.78. The number of rotatable bonds is 7. The largest absolute Gasteiger partial charge is 0.313 e. The van der Waals surface area contributed by atoms with Gasteiger partial charge >= 0.3 is 0 Å². The van der Waals surface area contributed by atoms with E-state index >= 15 is 0 Å². The van der Waals surface area contributed by atoms with Gasteiger partial charge in [-0.2, -0.15) is 0 Å². The lowest BCUT2D eigenvalue weighted by Gasteiger charge is -2.25. The molecule has 0 radical (unpaired) electrons. The van der Waals surface area contributed by atoms with Gasteiger partial charge in [-0.25, -0.2) is 0 Å². The molecule has 1 fully saturated rings. The molecule has 1 N–H and O–H groups in total. The number of aromatic nitrogens is 1. The minimum absolute atomic E-state index is 0.589. The number of aryl methyl sites for hydroxylation is 1. The van der Waals surface area contributed by atoms with Crippen LogP contribution in [0.15, 0.2) is 18.3 Å². The van der Waals surface area contributed by atoms with Gasteiger partial charge in [-0.3, -0.25) is 4.98 Å². The highest BCUT2D eigenvalue weighted by Gasteiger charge is 2.33. The maximum Gasteiger partial charge on any atom is 0.0448 e. The van der Waals surface area contributed by atoms with Crippen molar-refractivity contribution in [3.63, 3.8) is 0 Å². The van der Waals surface area contributed by atoms with Crippen LogP contribution in [0.2, 0.25) is 0 Å². The normalized spacial score (nSPS) is 18.6. The topological polar surface area (TPSA) is 24.9 Å². The maximum atomic E-state index is 4.55. The molecule has 1 aromatic rings. The first-order valence-electron chi connectivity index (χ1n) is 7.36. The van der Waals surface area contributed by atoms with Gasteiger partial charge in [0.1, 0.15) is 0 Å². The van der Waals surface area contributed by atoms with E-state index in [-0.39, 0.29) is 0 Å². The van der Waals surface area contributed by atoms with Crippen LogP contribution < -0.4 is 5.32 Å². The first-order chi connectivity index (χ1) is 8.72. The molecule has 2 nitrogen and oxygen atoms in total.